The fraction of sp³-hybridized carbons (Fsp3) is 0.600. The van der Waals surface area contributed by atoms with Gasteiger partial charge in [-0.3, -0.25) is 0 Å². The molecule has 0 aromatic heterocycles. The van der Waals surface area contributed by atoms with Crippen LogP contribution >= 0.6 is 0 Å². The highest BCUT2D eigenvalue weighted by molar-refractivity contribution is 5.30. The molecule has 2 aromatic rings. The van der Waals surface area contributed by atoms with Crippen molar-refractivity contribution in [1.82, 2.24) is 0 Å². The summed E-state index contributed by atoms with van der Waals surface area (Å²) in [7, 11) is 0. The molecule has 0 bridgehead atoms. The van der Waals surface area contributed by atoms with Crippen molar-refractivity contribution in [3.05, 3.63) is 82.7 Å². The minimum atomic E-state index is -3.65. The predicted octanol–water partition coefficient (Wildman–Crippen LogP) is 10.8. The summed E-state index contributed by atoms with van der Waals surface area (Å²) in [6.07, 6.45) is 15.5. The van der Waals surface area contributed by atoms with E-state index in [0.717, 1.165) is 42.7 Å². The highest BCUT2D eigenvalue weighted by Crippen LogP contribution is 2.40. The number of halogens is 3. The van der Waals surface area contributed by atoms with E-state index in [1.807, 2.05) is 19.1 Å². The highest BCUT2D eigenvalue weighted by Gasteiger charge is 2.36. The van der Waals surface area contributed by atoms with Crippen LogP contribution in [-0.2, 0) is 17.3 Å². The van der Waals surface area contributed by atoms with Gasteiger partial charge in [-0.05, 0) is 117 Å². The van der Waals surface area contributed by atoms with Crippen molar-refractivity contribution in [2.75, 3.05) is 6.61 Å². The first-order valence-corrected chi connectivity index (χ1v) is 15.4. The zero-order valence-electron chi connectivity index (χ0n) is 23.9. The molecule has 214 valence electrons. The number of unbranched alkanes of at least 4 members (excludes halogenated alkanes) is 2. The molecule has 2 saturated carbocycles. The minimum absolute atomic E-state index is 0.161. The van der Waals surface area contributed by atoms with Gasteiger partial charge in [-0.25, -0.2) is 4.39 Å². The summed E-state index contributed by atoms with van der Waals surface area (Å²) >= 11 is 0. The third-order valence-corrected chi connectivity index (χ3v) is 9.20. The van der Waals surface area contributed by atoms with Crippen LogP contribution in [0.5, 0.6) is 0 Å². The Kier molecular flexibility index (Phi) is 11.1. The lowest BCUT2D eigenvalue weighted by molar-refractivity contribution is -0.249. The zero-order chi connectivity index (χ0) is 27.7. The normalized spacial score (nSPS) is 24.3. The van der Waals surface area contributed by atoms with Gasteiger partial charge in [-0.1, -0.05) is 75.1 Å². The van der Waals surface area contributed by atoms with Gasteiger partial charge in [0.15, 0.2) is 0 Å². The van der Waals surface area contributed by atoms with E-state index in [-0.39, 0.29) is 12.5 Å². The van der Waals surface area contributed by atoms with Crippen LogP contribution in [0.3, 0.4) is 0 Å². The van der Waals surface area contributed by atoms with E-state index >= 15 is 0 Å². The van der Waals surface area contributed by atoms with Gasteiger partial charge in [0, 0.05) is 0 Å². The van der Waals surface area contributed by atoms with Gasteiger partial charge in [0.05, 0.1) is 12.2 Å². The standard InChI is InChI=1S/C35H47F3O/c1-3-5-6-8-27-11-15-29(16-12-27)30-17-13-28(14-18-30)23-24-39-35(37,38)33-22-21-32(25-34(33)36)31-19-9-26(7-4-2)10-20-31/h4,7,13-14,17-18,21-22,25-27,29,31H,3,5-6,8-12,15-16,19-20,23-24H2,1-2H3/b7-4+. The summed E-state index contributed by atoms with van der Waals surface area (Å²) in [5, 5.41) is 0. The van der Waals surface area contributed by atoms with Crippen LogP contribution in [-0.4, -0.2) is 6.61 Å². The lowest BCUT2D eigenvalue weighted by Crippen LogP contribution is -2.22. The SMILES string of the molecule is C/C=C/C1CCC(c2ccc(C(F)(F)OCCc3ccc(C4CCC(CCCCC)CC4)cc3)c(F)c2)CC1. The minimum Gasteiger partial charge on any atom is -0.316 e. The van der Waals surface area contributed by atoms with E-state index in [4.69, 9.17) is 4.74 Å². The van der Waals surface area contributed by atoms with Crippen LogP contribution in [0.25, 0.3) is 0 Å². The van der Waals surface area contributed by atoms with E-state index in [9.17, 15) is 13.2 Å². The van der Waals surface area contributed by atoms with Crippen LogP contribution < -0.4 is 0 Å². The first-order chi connectivity index (χ1) is 18.9. The van der Waals surface area contributed by atoms with E-state index in [1.165, 1.54) is 69.1 Å². The number of alkyl halides is 2. The Labute approximate surface area is 234 Å². The van der Waals surface area contributed by atoms with Crippen molar-refractivity contribution in [2.24, 2.45) is 11.8 Å². The van der Waals surface area contributed by atoms with Gasteiger partial charge in [0.2, 0.25) is 0 Å². The molecule has 0 radical (unpaired) electrons. The Morgan fingerprint density at radius 1 is 0.846 bits per heavy atom. The monoisotopic (exact) mass is 540 g/mol. The molecule has 0 aliphatic heterocycles. The summed E-state index contributed by atoms with van der Waals surface area (Å²) in [6.45, 7) is 4.12. The molecule has 2 aliphatic rings. The number of benzene rings is 2. The van der Waals surface area contributed by atoms with Gasteiger partial charge >= 0.3 is 6.11 Å². The van der Waals surface area contributed by atoms with Gasteiger partial charge in [0.25, 0.3) is 0 Å². The van der Waals surface area contributed by atoms with Crippen LogP contribution in [0.2, 0.25) is 0 Å². The molecule has 1 nitrogen and oxygen atoms in total. The molecule has 2 aliphatic carbocycles. The van der Waals surface area contributed by atoms with Crippen molar-refractivity contribution in [2.45, 2.75) is 115 Å². The van der Waals surface area contributed by atoms with Gasteiger partial charge in [-0.2, -0.15) is 8.78 Å². The molecule has 0 spiro atoms. The number of rotatable bonds is 12. The fourth-order valence-corrected chi connectivity index (χ4v) is 6.74. The molecule has 39 heavy (non-hydrogen) atoms. The number of hydrogen-bond acceptors (Lipinski definition) is 1. The fourth-order valence-electron chi connectivity index (χ4n) is 6.74. The Bertz CT molecular complexity index is 1030. The molecule has 0 saturated heterocycles. The molecular formula is C35H47F3O. The van der Waals surface area contributed by atoms with Crippen molar-refractivity contribution in [3.8, 4) is 0 Å². The number of ether oxygens (including phenoxy) is 1. The summed E-state index contributed by atoms with van der Waals surface area (Å²) in [5.74, 6) is 1.42. The Balaban J connectivity index is 1.24. The van der Waals surface area contributed by atoms with Crippen molar-refractivity contribution < 1.29 is 17.9 Å². The average molecular weight is 541 g/mol. The number of hydrogen-bond donors (Lipinski definition) is 0. The first kappa shape index (κ1) is 29.9. The quantitative estimate of drug-likeness (QED) is 0.192. The van der Waals surface area contributed by atoms with E-state index in [2.05, 4.69) is 31.2 Å². The zero-order valence-corrected chi connectivity index (χ0v) is 23.9. The second-order valence-electron chi connectivity index (χ2n) is 11.9. The molecule has 4 heteroatoms. The summed E-state index contributed by atoms with van der Waals surface area (Å²) in [5.41, 5.74) is 2.46. The third-order valence-electron chi connectivity index (χ3n) is 9.20. The highest BCUT2D eigenvalue weighted by atomic mass is 19.3. The topological polar surface area (TPSA) is 9.23 Å². The molecule has 0 atom stereocenters. The lowest BCUT2D eigenvalue weighted by atomic mass is 9.77. The second-order valence-corrected chi connectivity index (χ2v) is 11.9. The van der Waals surface area contributed by atoms with E-state index in [0.29, 0.717) is 18.3 Å². The maximum atomic E-state index is 14.8. The van der Waals surface area contributed by atoms with Crippen molar-refractivity contribution in [1.29, 1.82) is 0 Å². The molecule has 0 amide bonds. The molecule has 0 N–H and O–H groups in total. The smallest absolute Gasteiger partial charge is 0.316 e. The summed E-state index contributed by atoms with van der Waals surface area (Å²) in [6, 6.07) is 12.5. The average Bonchev–Trinajstić information content (AvgIpc) is 2.94. The molecule has 0 unspecified atom stereocenters. The van der Waals surface area contributed by atoms with E-state index < -0.39 is 17.5 Å². The second kappa shape index (κ2) is 14.5. The van der Waals surface area contributed by atoms with E-state index in [1.54, 1.807) is 6.07 Å². The summed E-state index contributed by atoms with van der Waals surface area (Å²) in [4.78, 5) is 0. The van der Waals surface area contributed by atoms with Crippen molar-refractivity contribution in [3.63, 3.8) is 0 Å². The van der Waals surface area contributed by atoms with Crippen LogP contribution in [0, 0.1) is 17.7 Å². The van der Waals surface area contributed by atoms with Crippen LogP contribution in [0.1, 0.15) is 125 Å². The molecule has 0 heterocycles. The van der Waals surface area contributed by atoms with Crippen LogP contribution in [0.15, 0.2) is 54.6 Å². The lowest BCUT2D eigenvalue weighted by Gasteiger charge is -2.29. The Morgan fingerprint density at radius 3 is 2.13 bits per heavy atom. The maximum Gasteiger partial charge on any atom is 0.386 e. The Morgan fingerprint density at radius 2 is 1.49 bits per heavy atom. The van der Waals surface area contributed by atoms with Gasteiger partial charge in [0.1, 0.15) is 5.82 Å². The number of allylic oxidation sites excluding steroid dienone is 2. The Hall–Kier alpha value is -2.07. The molecular weight excluding hydrogens is 493 g/mol. The van der Waals surface area contributed by atoms with Crippen LogP contribution in [0.4, 0.5) is 13.2 Å². The molecule has 2 fully saturated rings. The molecule has 4 rings (SSSR count). The van der Waals surface area contributed by atoms with Gasteiger partial charge < -0.3 is 4.74 Å². The van der Waals surface area contributed by atoms with Crippen molar-refractivity contribution >= 4 is 0 Å². The maximum absolute atomic E-state index is 14.8. The van der Waals surface area contributed by atoms with Gasteiger partial charge in [-0.15, -0.1) is 0 Å². The molecule has 2 aromatic carbocycles. The largest absolute Gasteiger partial charge is 0.386 e. The third kappa shape index (κ3) is 8.46. The predicted molar refractivity (Wildman–Crippen MR) is 155 cm³/mol. The summed E-state index contributed by atoms with van der Waals surface area (Å²) < 4.78 is 49.3. The first-order valence-electron chi connectivity index (χ1n) is 15.4.